The number of anilines is 3. The number of carbonyl (C=O) groups excluding carboxylic acids is 2. The van der Waals surface area contributed by atoms with Crippen LogP contribution in [0.1, 0.15) is 40.0 Å². The van der Waals surface area contributed by atoms with Crippen molar-refractivity contribution >= 4 is 52.4 Å². The largest absolute Gasteiger partial charge is 0.354 e. The molecule has 1 aliphatic heterocycles. The Morgan fingerprint density at radius 1 is 0.825 bits per heavy atom. The van der Waals surface area contributed by atoms with E-state index in [4.69, 9.17) is 22.4 Å². The molecule has 40 heavy (non-hydrogen) atoms. The lowest BCUT2D eigenvalue weighted by atomic mass is 10.0. The summed E-state index contributed by atoms with van der Waals surface area (Å²) in [6, 6.07) is 25.8. The summed E-state index contributed by atoms with van der Waals surface area (Å²) in [5, 5.41) is 27.0. The molecular formula is C30H36ClN7O2. The third-order valence-corrected chi connectivity index (χ3v) is 6.11. The van der Waals surface area contributed by atoms with Crippen molar-refractivity contribution in [2.45, 2.75) is 46.1 Å². The van der Waals surface area contributed by atoms with Crippen LogP contribution in [-0.4, -0.2) is 29.8 Å². The summed E-state index contributed by atoms with van der Waals surface area (Å²) in [7, 11) is 0. The van der Waals surface area contributed by atoms with Crippen LogP contribution in [0.4, 0.5) is 17.1 Å². The maximum Gasteiger partial charge on any atom is 0.258 e. The molecule has 3 aromatic carbocycles. The summed E-state index contributed by atoms with van der Waals surface area (Å²) >= 11 is 5.75. The van der Waals surface area contributed by atoms with Gasteiger partial charge in [-0.25, -0.2) is 10.0 Å². The maximum atomic E-state index is 12.9. The molecule has 210 valence electrons. The highest BCUT2D eigenvalue weighted by atomic mass is 35.5. The van der Waals surface area contributed by atoms with Crippen molar-refractivity contribution in [2.24, 2.45) is 5.92 Å². The fourth-order valence-corrected chi connectivity index (χ4v) is 4.16. The number of rotatable bonds is 7. The van der Waals surface area contributed by atoms with Crippen LogP contribution in [0.25, 0.3) is 0 Å². The van der Waals surface area contributed by atoms with E-state index < -0.39 is 5.92 Å². The highest BCUT2D eigenvalue weighted by Crippen LogP contribution is 2.33. The van der Waals surface area contributed by atoms with Gasteiger partial charge in [-0.3, -0.25) is 25.7 Å². The number of guanidine groups is 2. The van der Waals surface area contributed by atoms with Crippen LogP contribution in [0, 0.1) is 16.7 Å². The highest BCUT2D eigenvalue weighted by molar-refractivity contribution is 6.30. The standard InChI is InChI=1S/C19H20N2O2.C11H16ClN5/c1-2-3-14-17-18(22)20(15-10-6-4-7-11-15)21(19(17)23)16-12-8-5-9-13-16;1-7(2)15-10(13)17-11(14)16-9-5-3-8(12)4-6-9/h4-13,17H,2-3,14H2,1H3;3-7H,1-2H3,(H5,13,14,15,16,17). The Balaban J connectivity index is 0.000000232. The molecule has 1 saturated heterocycles. The van der Waals surface area contributed by atoms with E-state index in [0.717, 1.165) is 18.5 Å². The van der Waals surface area contributed by atoms with Crippen molar-refractivity contribution in [3.8, 4) is 0 Å². The third-order valence-electron chi connectivity index (χ3n) is 5.86. The number of halogens is 1. The predicted octanol–water partition coefficient (Wildman–Crippen LogP) is 6.00. The Kier molecular flexibility index (Phi) is 11.1. The molecule has 1 aliphatic rings. The highest BCUT2D eigenvalue weighted by Gasteiger charge is 2.46. The van der Waals surface area contributed by atoms with Gasteiger partial charge in [0.2, 0.25) is 0 Å². The Labute approximate surface area is 240 Å². The monoisotopic (exact) mass is 561 g/mol. The Hall–Kier alpha value is -4.37. The van der Waals surface area contributed by atoms with Crippen LogP contribution in [0.15, 0.2) is 84.9 Å². The van der Waals surface area contributed by atoms with Crippen LogP contribution in [0.2, 0.25) is 5.02 Å². The average molecular weight is 562 g/mol. The lowest BCUT2D eigenvalue weighted by molar-refractivity contribution is -0.127. The zero-order chi connectivity index (χ0) is 29.1. The fraction of sp³-hybridized carbons (Fsp3) is 0.267. The number of carbonyl (C=O) groups is 2. The minimum atomic E-state index is -0.588. The van der Waals surface area contributed by atoms with E-state index >= 15 is 0 Å². The molecule has 0 saturated carbocycles. The van der Waals surface area contributed by atoms with Crippen molar-refractivity contribution in [2.75, 3.05) is 15.3 Å². The molecule has 5 N–H and O–H groups in total. The second kappa shape index (κ2) is 14.7. The van der Waals surface area contributed by atoms with E-state index in [1.54, 1.807) is 24.3 Å². The van der Waals surface area contributed by atoms with E-state index in [0.29, 0.717) is 22.8 Å². The Morgan fingerprint density at radius 3 is 1.77 bits per heavy atom. The molecule has 0 aromatic heterocycles. The maximum absolute atomic E-state index is 12.9. The molecule has 0 unspecified atom stereocenters. The molecule has 2 amide bonds. The van der Waals surface area contributed by atoms with Crippen molar-refractivity contribution in [1.29, 1.82) is 10.8 Å². The fourth-order valence-electron chi connectivity index (χ4n) is 4.04. The van der Waals surface area contributed by atoms with Gasteiger partial charge in [0, 0.05) is 16.8 Å². The first-order valence-corrected chi connectivity index (χ1v) is 13.6. The van der Waals surface area contributed by atoms with E-state index in [2.05, 4.69) is 22.9 Å². The molecule has 3 aromatic rings. The predicted molar refractivity (Wildman–Crippen MR) is 163 cm³/mol. The summed E-state index contributed by atoms with van der Waals surface area (Å²) in [6.45, 7) is 5.91. The second-order valence-electron chi connectivity index (χ2n) is 9.47. The minimum Gasteiger partial charge on any atom is -0.354 e. The number of nitrogens with zero attached hydrogens (tertiary/aromatic N) is 2. The lowest BCUT2D eigenvalue weighted by Crippen LogP contribution is -2.45. The van der Waals surface area contributed by atoms with E-state index in [-0.39, 0.29) is 29.8 Å². The third kappa shape index (κ3) is 8.31. The first-order valence-electron chi connectivity index (χ1n) is 13.2. The molecule has 1 fully saturated rings. The van der Waals surface area contributed by atoms with Crippen LogP contribution >= 0.6 is 11.6 Å². The van der Waals surface area contributed by atoms with Gasteiger partial charge in [-0.2, -0.15) is 0 Å². The zero-order valence-corrected chi connectivity index (χ0v) is 23.7. The van der Waals surface area contributed by atoms with Crippen LogP contribution < -0.4 is 26.0 Å². The number of benzene rings is 3. The Morgan fingerprint density at radius 2 is 1.32 bits per heavy atom. The molecule has 10 heteroatoms. The van der Waals surface area contributed by atoms with Gasteiger partial charge in [-0.15, -0.1) is 0 Å². The number of para-hydroxylation sites is 2. The first-order chi connectivity index (χ1) is 19.2. The number of hydrogen-bond acceptors (Lipinski definition) is 4. The summed E-state index contributed by atoms with van der Waals surface area (Å²) < 4.78 is 0. The van der Waals surface area contributed by atoms with E-state index in [9.17, 15) is 9.59 Å². The number of hydrazine groups is 1. The van der Waals surface area contributed by atoms with Gasteiger partial charge < -0.3 is 10.6 Å². The number of hydrogen-bond donors (Lipinski definition) is 5. The molecule has 9 nitrogen and oxygen atoms in total. The van der Waals surface area contributed by atoms with Gasteiger partial charge in [-0.1, -0.05) is 67.8 Å². The molecular weight excluding hydrogens is 526 g/mol. The molecule has 0 bridgehead atoms. The number of unbranched alkanes of at least 4 members (excludes halogenated alkanes) is 1. The molecule has 0 aliphatic carbocycles. The van der Waals surface area contributed by atoms with Crippen molar-refractivity contribution < 1.29 is 9.59 Å². The van der Waals surface area contributed by atoms with Gasteiger partial charge in [0.05, 0.1) is 11.4 Å². The zero-order valence-electron chi connectivity index (χ0n) is 22.9. The van der Waals surface area contributed by atoms with Gasteiger partial charge in [0.1, 0.15) is 5.92 Å². The average Bonchev–Trinajstić information content (AvgIpc) is 3.18. The van der Waals surface area contributed by atoms with Gasteiger partial charge in [0.25, 0.3) is 11.8 Å². The van der Waals surface area contributed by atoms with Gasteiger partial charge in [0.15, 0.2) is 11.9 Å². The normalized spacial score (nSPS) is 13.1. The van der Waals surface area contributed by atoms with E-state index in [1.807, 2.05) is 74.5 Å². The SMILES string of the molecule is CC(C)NC(=N)NC(=N)Nc1ccc(Cl)cc1.CCCCC1C(=O)N(c2ccccc2)N(c2ccccc2)C1=O. The molecule has 0 spiro atoms. The van der Waals surface area contributed by atoms with Crippen molar-refractivity contribution in [3.63, 3.8) is 0 Å². The minimum absolute atomic E-state index is 0.0328. The second-order valence-corrected chi connectivity index (χ2v) is 9.91. The Bertz CT molecular complexity index is 1230. The summed E-state index contributed by atoms with van der Waals surface area (Å²) in [4.78, 5) is 25.7. The summed E-state index contributed by atoms with van der Waals surface area (Å²) in [6.07, 6.45) is 2.43. The van der Waals surface area contributed by atoms with Crippen LogP contribution in [0.3, 0.4) is 0 Å². The van der Waals surface area contributed by atoms with Gasteiger partial charge >= 0.3 is 0 Å². The van der Waals surface area contributed by atoms with Crippen LogP contribution in [-0.2, 0) is 9.59 Å². The van der Waals surface area contributed by atoms with Crippen LogP contribution in [0.5, 0.6) is 0 Å². The first kappa shape index (κ1) is 30.2. The summed E-state index contributed by atoms with van der Waals surface area (Å²) in [5.74, 6) is -0.746. The molecule has 0 atom stereocenters. The molecule has 0 radical (unpaired) electrons. The van der Waals surface area contributed by atoms with Crippen molar-refractivity contribution in [3.05, 3.63) is 90.0 Å². The number of nitrogens with one attached hydrogen (secondary N) is 5. The van der Waals surface area contributed by atoms with Crippen molar-refractivity contribution in [1.82, 2.24) is 10.6 Å². The topological polar surface area (TPSA) is 124 Å². The van der Waals surface area contributed by atoms with Gasteiger partial charge in [-0.05, 0) is 68.8 Å². The van der Waals surface area contributed by atoms with E-state index in [1.165, 1.54) is 10.0 Å². The smallest absolute Gasteiger partial charge is 0.258 e. The molecule has 4 rings (SSSR count). The number of amides is 2. The summed E-state index contributed by atoms with van der Waals surface area (Å²) in [5.41, 5.74) is 2.17. The quantitative estimate of drug-likeness (QED) is 0.137. The lowest BCUT2D eigenvalue weighted by Gasteiger charge is -2.27. The molecule has 1 heterocycles.